The highest BCUT2D eigenvalue weighted by atomic mass is 32.2. The molecule has 9 heteroatoms. The Labute approximate surface area is 348 Å². The Morgan fingerprint density at radius 3 is 2.19 bits per heavy atom. The van der Waals surface area contributed by atoms with Crippen molar-refractivity contribution in [1.82, 2.24) is 14.5 Å². The van der Waals surface area contributed by atoms with E-state index in [1.807, 2.05) is 12.1 Å². The SMILES string of the molecule is C=C(C)C1CCC2(NCCN3CCN(S(=O)(=O)c4ccc(OC)cc4)CC3)CCC3(C)C(CCC4C5(C)CC=C(c6ccc(C(=O)O)cc6)C(C)(C)C5CCC43C)C12. The molecule has 8 rings (SSSR count). The van der Waals surface area contributed by atoms with E-state index in [4.69, 9.17) is 4.74 Å². The van der Waals surface area contributed by atoms with Crippen molar-refractivity contribution in [3.63, 3.8) is 0 Å². The number of hydrogen-bond donors (Lipinski definition) is 2. The van der Waals surface area contributed by atoms with Crippen molar-refractivity contribution in [3.8, 4) is 5.75 Å². The van der Waals surface area contributed by atoms with Crippen molar-refractivity contribution >= 4 is 21.6 Å². The van der Waals surface area contributed by atoms with Crippen molar-refractivity contribution in [3.05, 3.63) is 77.9 Å². The second kappa shape index (κ2) is 14.9. The molecule has 9 unspecified atom stereocenters. The van der Waals surface area contributed by atoms with Gasteiger partial charge in [-0.25, -0.2) is 13.2 Å². The smallest absolute Gasteiger partial charge is 0.335 e. The summed E-state index contributed by atoms with van der Waals surface area (Å²) in [6.45, 7) is 24.3. The second-order valence-electron chi connectivity index (χ2n) is 20.6. The van der Waals surface area contributed by atoms with E-state index in [1.54, 1.807) is 47.8 Å². The zero-order valence-electron chi connectivity index (χ0n) is 36.3. The predicted molar refractivity (Wildman–Crippen MR) is 232 cm³/mol. The number of piperazine rings is 1. The van der Waals surface area contributed by atoms with E-state index in [2.05, 4.69) is 64.4 Å². The van der Waals surface area contributed by atoms with Crippen LogP contribution in [0.1, 0.15) is 115 Å². The van der Waals surface area contributed by atoms with Crippen LogP contribution in [0.15, 0.2) is 71.7 Å². The first kappa shape index (κ1) is 41.7. The van der Waals surface area contributed by atoms with Crippen molar-refractivity contribution in [2.75, 3.05) is 46.4 Å². The molecule has 316 valence electrons. The summed E-state index contributed by atoms with van der Waals surface area (Å²) in [6, 6.07) is 14.3. The van der Waals surface area contributed by atoms with Gasteiger partial charge in [0.1, 0.15) is 5.75 Å². The number of methoxy groups -OCH3 is 1. The summed E-state index contributed by atoms with van der Waals surface area (Å²) in [7, 11) is -1.94. The molecule has 0 amide bonds. The number of benzene rings is 2. The molecule has 2 aromatic rings. The summed E-state index contributed by atoms with van der Waals surface area (Å²) in [6.07, 6.45) is 13.6. The lowest BCUT2D eigenvalue weighted by Crippen LogP contribution is -2.68. The summed E-state index contributed by atoms with van der Waals surface area (Å²) in [5, 5.41) is 13.8. The number of nitrogens with one attached hydrogen (secondary N) is 1. The lowest BCUT2D eigenvalue weighted by molar-refractivity contribution is -0.219. The van der Waals surface area contributed by atoms with E-state index in [-0.39, 0.29) is 27.2 Å². The fourth-order valence-electron chi connectivity index (χ4n) is 14.9. The van der Waals surface area contributed by atoms with Crippen LogP contribution >= 0.6 is 0 Å². The minimum Gasteiger partial charge on any atom is -0.497 e. The molecule has 5 aliphatic carbocycles. The Morgan fingerprint density at radius 1 is 0.862 bits per heavy atom. The van der Waals surface area contributed by atoms with Crippen LogP contribution in [0.5, 0.6) is 5.75 Å². The normalized spacial score (nSPS) is 37.4. The van der Waals surface area contributed by atoms with Crippen molar-refractivity contribution < 1.29 is 23.1 Å². The highest BCUT2D eigenvalue weighted by Crippen LogP contribution is 2.76. The standard InChI is InChI=1S/C49H69N3O5S/c1-33(2)38-19-24-49(50-27-28-51-29-31-52(32-30-51)58(55,56)37-15-13-36(57-8)14-16-37)26-25-47(6)40(43(38)49)17-18-42-46(5)22-20-39(34-9-11-35(12-10-34)44(53)54)45(3,4)41(46)21-23-48(42,47)7/h9-16,20,38,40-43,50H,1,17-19,21-32H2,2-8H3,(H,53,54). The molecule has 1 saturated heterocycles. The number of allylic oxidation sites excluding steroid dienone is 3. The van der Waals surface area contributed by atoms with Gasteiger partial charge in [-0.2, -0.15) is 4.31 Å². The molecule has 0 bridgehead atoms. The number of aromatic carboxylic acids is 1. The van der Waals surface area contributed by atoms with Crippen molar-refractivity contribution in [2.45, 2.75) is 110 Å². The van der Waals surface area contributed by atoms with Crippen LogP contribution < -0.4 is 10.1 Å². The average Bonchev–Trinajstić information content (AvgIpc) is 3.58. The van der Waals surface area contributed by atoms with E-state index >= 15 is 0 Å². The quantitative estimate of drug-likeness (QED) is 0.231. The molecule has 1 heterocycles. The third-order valence-corrected chi connectivity index (χ3v) is 19.9. The molecule has 5 fully saturated rings. The molecule has 9 atom stereocenters. The Balaban J connectivity index is 0.969. The number of fused-ring (bicyclic) bond motifs is 7. The van der Waals surface area contributed by atoms with Gasteiger partial charge < -0.3 is 15.2 Å². The molecule has 0 aromatic heterocycles. The summed E-state index contributed by atoms with van der Waals surface area (Å²) in [4.78, 5) is 14.4. The van der Waals surface area contributed by atoms with Gasteiger partial charge in [0, 0.05) is 44.8 Å². The van der Waals surface area contributed by atoms with E-state index in [1.165, 1.54) is 68.1 Å². The van der Waals surface area contributed by atoms with Crippen molar-refractivity contribution in [2.24, 2.45) is 51.2 Å². The Bertz CT molecular complexity index is 2040. The highest BCUT2D eigenvalue weighted by molar-refractivity contribution is 7.89. The van der Waals surface area contributed by atoms with Crippen LogP contribution in [-0.2, 0) is 10.0 Å². The number of nitrogens with zero attached hydrogens (tertiary/aromatic N) is 2. The van der Waals surface area contributed by atoms with E-state index in [0.29, 0.717) is 58.9 Å². The third kappa shape index (κ3) is 6.46. The average molecular weight is 812 g/mol. The zero-order valence-corrected chi connectivity index (χ0v) is 37.1. The molecule has 2 N–H and O–H groups in total. The van der Waals surface area contributed by atoms with Gasteiger partial charge in [0.25, 0.3) is 0 Å². The van der Waals surface area contributed by atoms with E-state index < -0.39 is 16.0 Å². The monoisotopic (exact) mass is 811 g/mol. The summed E-state index contributed by atoms with van der Waals surface area (Å²) < 4.78 is 33.7. The summed E-state index contributed by atoms with van der Waals surface area (Å²) >= 11 is 0. The molecular formula is C49H69N3O5S. The molecule has 4 saturated carbocycles. The largest absolute Gasteiger partial charge is 0.497 e. The lowest BCUT2D eigenvalue weighted by atomic mass is 9.33. The van der Waals surface area contributed by atoms with Crippen LogP contribution in [0.4, 0.5) is 0 Å². The number of rotatable bonds is 10. The number of ether oxygens (including phenoxy) is 1. The molecule has 6 aliphatic rings. The number of carboxylic acids is 1. The predicted octanol–water partition coefficient (Wildman–Crippen LogP) is 9.39. The van der Waals surface area contributed by atoms with Crippen LogP contribution in [0.25, 0.3) is 5.57 Å². The molecule has 0 radical (unpaired) electrons. The first-order chi connectivity index (χ1) is 27.4. The first-order valence-corrected chi connectivity index (χ1v) is 23.7. The highest BCUT2D eigenvalue weighted by Gasteiger charge is 2.70. The molecule has 2 aromatic carbocycles. The van der Waals surface area contributed by atoms with Gasteiger partial charge in [-0.05, 0) is 163 Å². The molecular weight excluding hydrogens is 743 g/mol. The van der Waals surface area contributed by atoms with Crippen molar-refractivity contribution in [1.29, 1.82) is 0 Å². The number of sulfonamides is 1. The Morgan fingerprint density at radius 2 is 1.55 bits per heavy atom. The Hall–Kier alpha value is -2.98. The maximum Gasteiger partial charge on any atom is 0.335 e. The van der Waals surface area contributed by atoms with Crippen LogP contribution in [0, 0.1) is 51.2 Å². The van der Waals surface area contributed by atoms with Crippen LogP contribution in [-0.4, -0.2) is 80.6 Å². The molecule has 0 spiro atoms. The summed E-state index contributed by atoms with van der Waals surface area (Å²) in [5.41, 5.74) is 5.11. The molecule has 58 heavy (non-hydrogen) atoms. The zero-order chi connectivity index (χ0) is 41.5. The van der Waals surface area contributed by atoms with E-state index in [0.717, 1.165) is 32.6 Å². The maximum atomic E-state index is 13.4. The van der Waals surface area contributed by atoms with Gasteiger partial charge in [0.2, 0.25) is 10.0 Å². The van der Waals surface area contributed by atoms with Crippen LogP contribution in [0.2, 0.25) is 0 Å². The van der Waals surface area contributed by atoms with Crippen LogP contribution in [0.3, 0.4) is 0 Å². The fraction of sp³-hybridized carbons (Fsp3) is 0.653. The Kier molecular flexibility index (Phi) is 10.7. The number of carbonyl (C=O) groups is 1. The minimum atomic E-state index is -3.53. The van der Waals surface area contributed by atoms with Gasteiger partial charge in [-0.3, -0.25) is 4.90 Å². The number of hydrogen-bond acceptors (Lipinski definition) is 6. The fourth-order valence-corrected chi connectivity index (χ4v) is 16.3. The third-order valence-electron chi connectivity index (χ3n) is 18.0. The van der Waals surface area contributed by atoms with Gasteiger partial charge in [0.15, 0.2) is 0 Å². The van der Waals surface area contributed by atoms with Gasteiger partial charge in [0.05, 0.1) is 17.6 Å². The minimum absolute atomic E-state index is 0.00357. The second-order valence-corrected chi connectivity index (χ2v) is 22.6. The van der Waals surface area contributed by atoms with Gasteiger partial charge >= 0.3 is 5.97 Å². The van der Waals surface area contributed by atoms with Gasteiger partial charge in [-0.15, -0.1) is 0 Å². The molecule has 8 nitrogen and oxygen atoms in total. The maximum absolute atomic E-state index is 13.4. The summed E-state index contributed by atoms with van der Waals surface area (Å²) in [5.74, 6) is 2.79. The molecule has 1 aliphatic heterocycles. The number of carboxylic acid groups (broad SMARTS) is 1. The van der Waals surface area contributed by atoms with E-state index in [9.17, 15) is 18.3 Å². The van der Waals surface area contributed by atoms with Gasteiger partial charge in [-0.1, -0.05) is 65.0 Å². The lowest BCUT2D eigenvalue weighted by Gasteiger charge is -2.72. The first-order valence-electron chi connectivity index (χ1n) is 22.2. The topological polar surface area (TPSA) is 99.2 Å².